The molecule has 1 aromatic carbocycles. The Morgan fingerprint density at radius 2 is 2.17 bits per heavy atom. The first-order chi connectivity index (χ1) is 14.3. The molecule has 1 N–H and O–H groups in total. The lowest BCUT2D eigenvalue weighted by Gasteiger charge is -2.30. The monoisotopic (exact) mass is 394 g/mol. The molecule has 3 heterocycles. The van der Waals surface area contributed by atoms with Crippen LogP contribution in [0, 0.1) is 5.92 Å². The molecule has 0 radical (unpaired) electrons. The Morgan fingerprint density at radius 3 is 3.00 bits per heavy atom. The molecule has 2 aromatic heterocycles. The first-order valence-electron chi connectivity index (χ1n) is 10.1. The minimum Gasteiger partial charge on any atom is -0.356 e. The first-order valence-corrected chi connectivity index (χ1v) is 10.1. The zero-order valence-electron chi connectivity index (χ0n) is 16.4. The van der Waals surface area contributed by atoms with Crippen molar-refractivity contribution in [1.82, 2.24) is 29.9 Å². The van der Waals surface area contributed by atoms with E-state index in [-0.39, 0.29) is 11.8 Å². The molecule has 8 nitrogen and oxygen atoms in total. The zero-order chi connectivity index (χ0) is 19.9. The zero-order valence-corrected chi connectivity index (χ0v) is 16.4. The van der Waals surface area contributed by atoms with Crippen LogP contribution in [0.5, 0.6) is 0 Å². The molecule has 0 aliphatic carbocycles. The van der Waals surface area contributed by atoms with Gasteiger partial charge in [0.05, 0.1) is 18.8 Å². The molecule has 1 atom stereocenters. The number of hydrogen-bond acceptors (Lipinski definition) is 6. The molecule has 1 aliphatic rings. The Morgan fingerprint density at radius 1 is 1.28 bits per heavy atom. The Balaban J connectivity index is 1.24. The predicted octanol–water partition coefficient (Wildman–Crippen LogP) is 2.35. The van der Waals surface area contributed by atoms with Gasteiger partial charge in [-0.2, -0.15) is 4.98 Å². The van der Waals surface area contributed by atoms with Crippen molar-refractivity contribution in [2.45, 2.75) is 32.4 Å². The predicted molar refractivity (Wildman–Crippen MR) is 108 cm³/mol. The lowest BCUT2D eigenvalue weighted by Crippen LogP contribution is -2.43. The van der Waals surface area contributed by atoms with Crippen LogP contribution in [0.25, 0.3) is 11.4 Å². The second-order valence-corrected chi connectivity index (χ2v) is 7.40. The number of carbonyl (C=O) groups excluding carboxylic acids is 1. The van der Waals surface area contributed by atoms with Crippen LogP contribution < -0.4 is 5.32 Å². The number of nitrogens with one attached hydrogen (secondary N) is 1. The average molecular weight is 394 g/mol. The summed E-state index contributed by atoms with van der Waals surface area (Å²) in [7, 11) is 0. The van der Waals surface area contributed by atoms with E-state index in [2.05, 4.69) is 25.3 Å². The number of imidazole rings is 1. The van der Waals surface area contributed by atoms with Crippen molar-refractivity contribution in [2.75, 3.05) is 19.6 Å². The number of rotatable bonds is 8. The van der Waals surface area contributed by atoms with Gasteiger partial charge in [-0.25, -0.2) is 4.98 Å². The van der Waals surface area contributed by atoms with Gasteiger partial charge in [0.2, 0.25) is 17.6 Å². The van der Waals surface area contributed by atoms with Gasteiger partial charge in [-0.1, -0.05) is 35.5 Å². The molecule has 1 unspecified atom stereocenters. The number of hydrogen-bond donors (Lipinski definition) is 1. The number of likely N-dealkylation sites (tertiary alicyclic amines) is 1. The van der Waals surface area contributed by atoms with Crippen LogP contribution >= 0.6 is 0 Å². The van der Waals surface area contributed by atoms with E-state index in [9.17, 15) is 4.79 Å². The molecule has 1 fully saturated rings. The fourth-order valence-electron chi connectivity index (χ4n) is 3.66. The maximum atomic E-state index is 12.5. The number of carbonyl (C=O) groups is 1. The van der Waals surface area contributed by atoms with E-state index in [1.54, 1.807) is 12.5 Å². The molecule has 0 saturated carbocycles. The summed E-state index contributed by atoms with van der Waals surface area (Å²) in [6, 6.07) is 9.79. The van der Waals surface area contributed by atoms with Crippen molar-refractivity contribution in [3.8, 4) is 11.4 Å². The number of piperidine rings is 1. The standard InChI is InChI=1S/C21H26N6O2/c28-21(23-9-5-12-26-13-10-22-16-26)18-8-4-11-27(14-18)15-19-24-20(25-29-19)17-6-2-1-3-7-17/h1-3,6-7,10,13,16,18H,4-5,8-9,11-12,14-15H2,(H,23,28). The van der Waals surface area contributed by atoms with Gasteiger partial charge < -0.3 is 14.4 Å². The summed E-state index contributed by atoms with van der Waals surface area (Å²) in [5.41, 5.74) is 0.939. The fourth-order valence-corrected chi connectivity index (χ4v) is 3.66. The van der Waals surface area contributed by atoms with Gasteiger partial charge in [0.25, 0.3) is 0 Å². The minimum absolute atomic E-state index is 0.00788. The minimum atomic E-state index is 0.00788. The van der Waals surface area contributed by atoms with Crippen LogP contribution in [-0.2, 0) is 17.9 Å². The van der Waals surface area contributed by atoms with E-state index in [0.29, 0.717) is 24.8 Å². The van der Waals surface area contributed by atoms with E-state index >= 15 is 0 Å². The van der Waals surface area contributed by atoms with Crippen molar-refractivity contribution < 1.29 is 9.32 Å². The Labute approximate surface area is 169 Å². The van der Waals surface area contributed by atoms with E-state index in [1.165, 1.54) is 0 Å². The van der Waals surface area contributed by atoms with E-state index < -0.39 is 0 Å². The molecular formula is C21H26N6O2. The lowest BCUT2D eigenvalue weighted by atomic mass is 9.97. The van der Waals surface area contributed by atoms with E-state index in [0.717, 1.165) is 44.5 Å². The summed E-state index contributed by atoms with van der Waals surface area (Å²) >= 11 is 0. The summed E-state index contributed by atoms with van der Waals surface area (Å²) in [5.74, 6) is 1.33. The van der Waals surface area contributed by atoms with Crippen LogP contribution in [0.1, 0.15) is 25.2 Å². The summed E-state index contributed by atoms with van der Waals surface area (Å²) in [5, 5.41) is 7.15. The van der Waals surface area contributed by atoms with Crippen molar-refractivity contribution >= 4 is 5.91 Å². The van der Waals surface area contributed by atoms with Gasteiger partial charge >= 0.3 is 0 Å². The van der Waals surface area contributed by atoms with E-state index in [1.807, 2.05) is 41.1 Å². The van der Waals surface area contributed by atoms with Crippen LogP contribution in [-0.4, -0.2) is 50.1 Å². The molecular weight excluding hydrogens is 368 g/mol. The third kappa shape index (κ3) is 5.29. The molecule has 29 heavy (non-hydrogen) atoms. The molecule has 1 aliphatic heterocycles. The molecule has 1 amide bonds. The van der Waals surface area contributed by atoms with Crippen molar-refractivity contribution in [2.24, 2.45) is 5.92 Å². The van der Waals surface area contributed by atoms with Crippen molar-refractivity contribution in [3.63, 3.8) is 0 Å². The third-order valence-electron chi connectivity index (χ3n) is 5.19. The quantitative estimate of drug-likeness (QED) is 0.590. The van der Waals surface area contributed by atoms with Crippen LogP contribution in [0.2, 0.25) is 0 Å². The number of aromatic nitrogens is 4. The van der Waals surface area contributed by atoms with Gasteiger partial charge in [0.15, 0.2) is 0 Å². The van der Waals surface area contributed by atoms with Crippen molar-refractivity contribution in [3.05, 3.63) is 54.9 Å². The smallest absolute Gasteiger partial charge is 0.241 e. The number of aryl methyl sites for hydroxylation is 1. The van der Waals surface area contributed by atoms with Gasteiger partial charge in [0.1, 0.15) is 0 Å². The highest BCUT2D eigenvalue weighted by molar-refractivity contribution is 5.78. The van der Waals surface area contributed by atoms with Crippen LogP contribution in [0.15, 0.2) is 53.6 Å². The van der Waals surface area contributed by atoms with Gasteiger partial charge in [-0.05, 0) is 25.8 Å². The summed E-state index contributed by atoms with van der Waals surface area (Å²) < 4.78 is 7.44. The molecule has 152 valence electrons. The largest absolute Gasteiger partial charge is 0.356 e. The maximum absolute atomic E-state index is 12.5. The van der Waals surface area contributed by atoms with Crippen LogP contribution in [0.3, 0.4) is 0 Å². The van der Waals surface area contributed by atoms with Gasteiger partial charge in [-0.15, -0.1) is 0 Å². The van der Waals surface area contributed by atoms with Gasteiger partial charge in [-0.3, -0.25) is 9.69 Å². The second kappa shape index (κ2) is 9.47. The molecule has 0 spiro atoms. The molecule has 8 heteroatoms. The second-order valence-electron chi connectivity index (χ2n) is 7.40. The highest BCUT2D eigenvalue weighted by Crippen LogP contribution is 2.20. The highest BCUT2D eigenvalue weighted by atomic mass is 16.5. The fraction of sp³-hybridized carbons (Fsp3) is 0.429. The molecule has 0 bridgehead atoms. The third-order valence-corrected chi connectivity index (χ3v) is 5.19. The maximum Gasteiger partial charge on any atom is 0.241 e. The normalized spacial score (nSPS) is 17.3. The SMILES string of the molecule is O=C(NCCCn1ccnc1)C1CCCN(Cc2nc(-c3ccccc3)no2)C1. The number of amides is 1. The molecule has 4 rings (SSSR count). The Kier molecular flexibility index (Phi) is 6.31. The number of benzene rings is 1. The molecule has 3 aromatic rings. The van der Waals surface area contributed by atoms with Crippen LogP contribution in [0.4, 0.5) is 0 Å². The highest BCUT2D eigenvalue weighted by Gasteiger charge is 2.26. The van der Waals surface area contributed by atoms with Crippen molar-refractivity contribution in [1.29, 1.82) is 0 Å². The summed E-state index contributed by atoms with van der Waals surface area (Å²) in [6.45, 7) is 3.77. The van der Waals surface area contributed by atoms with E-state index in [4.69, 9.17) is 4.52 Å². The molecule has 1 saturated heterocycles. The topological polar surface area (TPSA) is 89.1 Å². The lowest BCUT2D eigenvalue weighted by molar-refractivity contribution is -0.126. The van der Waals surface area contributed by atoms with Gasteiger partial charge in [0, 0.05) is 37.6 Å². The average Bonchev–Trinajstić information content (AvgIpc) is 3.44. The summed E-state index contributed by atoms with van der Waals surface area (Å²) in [4.78, 5) is 23.3. The Bertz CT molecular complexity index is 893. The number of nitrogens with zero attached hydrogens (tertiary/aromatic N) is 5. The Hall–Kier alpha value is -3.00. The summed E-state index contributed by atoms with van der Waals surface area (Å²) in [6.07, 6.45) is 8.29. The first kappa shape index (κ1) is 19.3.